The maximum atomic E-state index is 12.5. The molecule has 1 heterocycles. The number of ketones is 1. The highest BCUT2D eigenvalue weighted by molar-refractivity contribution is 6.03. The standard InChI is InChI=1S/C16H15NO2/c1-19-13-5-7-14-11(9-13)4-6-15(16(14)18)12-3-2-8-17-10-12/h2-3,5,7-10,15H,4,6H2,1H3/t15-/m1/s1. The van der Waals surface area contributed by atoms with Crippen molar-refractivity contribution in [1.29, 1.82) is 0 Å². The summed E-state index contributed by atoms with van der Waals surface area (Å²) in [5.74, 6) is 0.942. The van der Waals surface area contributed by atoms with Crippen LogP contribution in [0.4, 0.5) is 0 Å². The smallest absolute Gasteiger partial charge is 0.170 e. The molecule has 0 unspecified atom stereocenters. The van der Waals surface area contributed by atoms with Gasteiger partial charge < -0.3 is 4.74 Å². The molecule has 2 aromatic rings. The van der Waals surface area contributed by atoms with E-state index in [1.54, 1.807) is 19.5 Å². The van der Waals surface area contributed by atoms with Crippen molar-refractivity contribution in [1.82, 2.24) is 4.98 Å². The summed E-state index contributed by atoms with van der Waals surface area (Å²) in [6.07, 6.45) is 5.26. The van der Waals surface area contributed by atoms with Gasteiger partial charge in [0.1, 0.15) is 5.75 Å². The Bertz CT molecular complexity index is 607. The van der Waals surface area contributed by atoms with Crippen LogP contribution in [0.5, 0.6) is 5.75 Å². The summed E-state index contributed by atoms with van der Waals surface area (Å²) < 4.78 is 5.21. The van der Waals surface area contributed by atoms with Gasteiger partial charge in [0.05, 0.1) is 7.11 Å². The van der Waals surface area contributed by atoms with Crippen LogP contribution in [0.1, 0.15) is 33.8 Å². The fourth-order valence-electron chi connectivity index (χ4n) is 2.66. The predicted molar refractivity (Wildman–Crippen MR) is 72.6 cm³/mol. The van der Waals surface area contributed by atoms with Crippen molar-refractivity contribution in [2.45, 2.75) is 18.8 Å². The van der Waals surface area contributed by atoms with Gasteiger partial charge in [-0.15, -0.1) is 0 Å². The maximum absolute atomic E-state index is 12.5. The Kier molecular flexibility index (Phi) is 3.03. The Morgan fingerprint density at radius 2 is 2.21 bits per heavy atom. The molecule has 1 atom stereocenters. The predicted octanol–water partition coefficient (Wildman–Crippen LogP) is 3.00. The number of pyridine rings is 1. The van der Waals surface area contributed by atoms with Crippen LogP contribution in [0.15, 0.2) is 42.7 Å². The minimum Gasteiger partial charge on any atom is -0.497 e. The average Bonchev–Trinajstić information content (AvgIpc) is 2.48. The van der Waals surface area contributed by atoms with Crippen molar-refractivity contribution in [3.05, 3.63) is 59.4 Å². The Balaban J connectivity index is 1.97. The molecule has 0 amide bonds. The number of rotatable bonds is 2. The first-order chi connectivity index (χ1) is 9.29. The van der Waals surface area contributed by atoms with Crippen molar-refractivity contribution in [3.8, 4) is 5.75 Å². The molecule has 0 spiro atoms. The lowest BCUT2D eigenvalue weighted by Gasteiger charge is -2.23. The normalized spacial score (nSPS) is 17.9. The summed E-state index contributed by atoms with van der Waals surface area (Å²) in [4.78, 5) is 16.7. The van der Waals surface area contributed by atoms with E-state index in [4.69, 9.17) is 4.74 Å². The van der Waals surface area contributed by atoms with E-state index in [-0.39, 0.29) is 11.7 Å². The van der Waals surface area contributed by atoms with Crippen LogP contribution in [-0.2, 0) is 6.42 Å². The largest absolute Gasteiger partial charge is 0.497 e. The monoisotopic (exact) mass is 253 g/mol. The first-order valence-corrected chi connectivity index (χ1v) is 6.40. The van der Waals surface area contributed by atoms with Gasteiger partial charge in [0.15, 0.2) is 5.78 Å². The molecule has 3 nitrogen and oxygen atoms in total. The maximum Gasteiger partial charge on any atom is 0.170 e. The molecule has 1 aromatic carbocycles. The van der Waals surface area contributed by atoms with Crippen LogP contribution >= 0.6 is 0 Å². The lowest BCUT2D eigenvalue weighted by Crippen LogP contribution is -2.21. The zero-order valence-corrected chi connectivity index (χ0v) is 10.8. The van der Waals surface area contributed by atoms with E-state index in [9.17, 15) is 4.79 Å². The Labute approximate surface area is 112 Å². The number of hydrogen-bond acceptors (Lipinski definition) is 3. The molecule has 0 saturated heterocycles. The van der Waals surface area contributed by atoms with E-state index in [0.29, 0.717) is 0 Å². The summed E-state index contributed by atoms with van der Waals surface area (Å²) in [7, 11) is 1.64. The van der Waals surface area contributed by atoms with Gasteiger partial charge in [0, 0.05) is 23.9 Å². The summed E-state index contributed by atoms with van der Waals surface area (Å²) >= 11 is 0. The number of ether oxygens (including phenoxy) is 1. The number of carbonyl (C=O) groups is 1. The third-order valence-corrected chi connectivity index (χ3v) is 3.68. The topological polar surface area (TPSA) is 39.2 Å². The number of carbonyl (C=O) groups excluding carboxylic acids is 1. The molecule has 3 heteroatoms. The van der Waals surface area contributed by atoms with Gasteiger partial charge in [-0.25, -0.2) is 0 Å². The second-order valence-electron chi connectivity index (χ2n) is 4.76. The molecule has 0 saturated carbocycles. The molecule has 0 N–H and O–H groups in total. The van der Waals surface area contributed by atoms with Crippen LogP contribution in [0, 0.1) is 0 Å². The van der Waals surface area contributed by atoms with Gasteiger partial charge in [-0.3, -0.25) is 9.78 Å². The van der Waals surface area contributed by atoms with Crippen LogP contribution in [0.25, 0.3) is 0 Å². The third kappa shape index (κ3) is 2.12. The molecule has 3 rings (SSSR count). The van der Waals surface area contributed by atoms with Crippen LogP contribution in [0.3, 0.4) is 0 Å². The molecule has 0 radical (unpaired) electrons. The lowest BCUT2D eigenvalue weighted by atomic mass is 9.79. The zero-order chi connectivity index (χ0) is 13.2. The molecule has 1 aliphatic carbocycles. The van der Waals surface area contributed by atoms with E-state index in [0.717, 1.165) is 35.3 Å². The highest BCUT2D eigenvalue weighted by atomic mass is 16.5. The number of aryl methyl sites for hydroxylation is 1. The van der Waals surface area contributed by atoms with E-state index in [1.165, 1.54) is 0 Å². The summed E-state index contributed by atoms with van der Waals surface area (Å²) in [6.45, 7) is 0. The fourth-order valence-corrected chi connectivity index (χ4v) is 2.66. The molecule has 19 heavy (non-hydrogen) atoms. The van der Waals surface area contributed by atoms with Gasteiger partial charge >= 0.3 is 0 Å². The van der Waals surface area contributed by atoms with Crippen molar-refractivity contribution in [2.75, 3.05) is 7.11 Å². The van der Waals surface area contributed by atoms with Gasteiger partial charge in [-0.1, -0.05) is 6.07 Å². The molecule has 0 fully saturated rings. The second kappa shape index (κ2) is 4.84. The molecule has 1 aromatic heterocycles. The number of methoxy groups -OCH3 is 1. The molecule has 1 aliphatic rings. The quantitative estimate of drug-likeness (QED) is 0.826. The Hall–Kier alpha value is -2.16. The van der Waals surface area contributed by atoms with E-state index in [2.05, 4.69) is 4.98 Å². The van der Waals surface area contributed by atoms with E-state index >= 15 is 0 Å². The Morgan fingerprint density at radius 3 is 2.95 bits per heavy atom. The van der Waals surface area contributed by atoms with Crippen LogP contribution < -0.4 is 4.74 Å². The minimum atomic E-state index is -0.0606. The third-order valence-electron chi connectivity index (χ3n) is 3.68. The van der Waals surface area contributed by atoms with Crippen molar-refractivity contribution in [3.63, 3.8) is 0 Å². The SMILES string of the molecule is COc1ccc2c(c1)CC[C@H](c1cccnc1)C2=O. The molecule has 0 bridgehead atoms. The summed E-state index contributed by atoms with van der Waals surface area (Å²) in [5, 5.41) is 0. The number of fused-ring (bicyclic) bond motifs is 1. The highest BCUT2D eigenvalue weighted by Gasteiger charge is 2.28. The Morgan fingerprint density at radius 1 is 1.32 bits per heavy atom. The van der Waals surface area contributed by atoms with Gasteiger partial charge in [-0.05, 0) is 48.2 Å². The van der Waals surface area contributed by atoms with Gasteiger partial charge in [-0.2, -0.15) is 0 Å². The zero-order valence-electron chi connectivity index (χ0n) is 10.8. The number of hydrogen-bond donors (Lipinski definition) is 0. The van der Waals surface area contributed by atoms with E-state index < -0.39 is 0 Å². The van der Waals surface area contributed by atoms with Crippen molar-refractivity contribution in [2.24, 2.45) is 0 Å². The summed E-state index contributed by atoms with van der Waals surface area (Å²) in [6, 6.07) is 9.55. The molecular formula is C16H15NO2. The number of benzene rings is 1. The van der Waals surface area contributed by atoms with Gasteiger partial charge in [0.25, 0.3) is 0 Å². The first-order valence-electron chi connectivity index (χ1n) is 6.40. The average molecular weight is 253 g/mol. The fraction of sp³-hybridized carbons (Fsp3) is 0.250. The molecular weight excluding hydrogens is 238 g/mol. The first kappa shape index (κ1) is 11.9. The van der Waals surface area contributed by atoms with Crippen LogP contribution in [0.2, 0.25) is 0 Å². The number of aromatic nitrogens is 1. The number of nitrogens with zero attached hydrogens (tertiary/aromatic N) is 1. The van der Waals surface area contributed by atoms with E-state index in [1.807, 2.05) is 30.3 Å². The summed E-state index contributed by atoms with van der Waals surface area (Å²) in [5.41, 5.74) is 2.92. The van der Waals surface area contributed by atoms with Gasteiger partial charge in [0.2, 0.25) is 0 Å². The molecule has 0 aliphatic heterocycles. The van der Waals surface area contributed by atoms with Crippen molar-refractivity contribution < 1.29 is 9.53 Å². The highest BCUT2D eigenvalue weighted by Crippen LogP contribution is 2.33. The number of Topliss-reactive ketones (excluding diaryl/α,β-unsaturated/α-hetero) is 1. The second-order valence-corrected chi connectivity index (χ2v) is 4.76. The molecule has 96 valence electrons. The van der Waals surface area contributed by atoms with Crippen LogP contribution in [-0.4, -0.2) is 17.9 Å². The lowest BCUT2D eigenvalue weighted by molar-refractivity contribution is 0.0946. The minimum absolute atomic E-state index is 0.0606. The van der Waals surface area contributed by atoms with Crippen molar-refractivity contribution >= 4 is 5.78 Å².